The van der Waals surface area contributed by atoms with E-state index in [1.165, 1.54) is 11.6 Å². The van der Waals surface area contributed by atoms with E-state index >= 15 is 0 Å². The number of hydrogen-bond donors (Lipinski definition) is 0. The quantitative estimate of drug-likeness (QED) is 0.643. The molecule has 1 aliphatic rings. The van der Waals surface area contributed by atoms with Crippen LogP contribution in [0.1, 0.15) is 35.7 Å². The molecule has 1 aromatic carbocycles. The van der Waals surface area contributed by atoms with E-state index in [1.807, 2.05) is 42.9 Å². The van der Waals surface area contributed by atoms with Crippen LogP contribution in [0, 0.1) is 12.7 Å². The fraction of sp³-hybridized carbons (Fsp3) is 0.435. The highest BCUT2D eigenvalue weighted by molar-refractivity contribution is 5.67. The molecule has 158 valence electrons. The Morgan fingerprint density at radius 3 is 2.50 bits per heavy atom. The Morgan fingerprint density at radius 1 is 1.13 bits per heavy atom. The lowest BCUT2D eigenvalue weighted by Crippen LogP contribution is -2.33. The zero-order valence-electron chi connectivity index (χ0n) is 18.1. The second-order valence-electron chi connectivity index (χ2n) is 8.31. The first-order chi connectivity index (χ1) is 14.4. The second kappa shape index (κ2) is 8.52. The largest absolute Gasteiger partial charge is 0.347 e. The van der Waals surface area contributed by atoms with Gasteiger partial charge >= 0.3 is 0 Å². The predicted octanol–water partition coefficient (Wildman–Crippen LogP) is 3.77. The van der Waals surface area contributed by atoms with Gasteiger partial charge in [0.1, 0.15) is 5.82 Å². The van der Waals surface area contributed by atoms with Crippen molar-refractivity contribution in [1.29, 1.82) is 0 Å². The third-order valence-corrected chi connectivity index (χ3v) is 5.85. The zero-order chi connectivity index (χ0) is 21.3. The summed E-state index contributed by atoms with van der Waals surface area (Å²) in [6, 6.07) is 6.89. The van der Waals surface area contributed by atoms with E-state index in [2.05, 4.69) is 28.1 Å². The van der Waals surface area contributed by atoms with Gasteiger partial charge in [0.25, 0.3) is 0 Å². The number of rotatable bonds is 5. The smallest absolute Gasteiger partial charge is 0.225 e. The first-order valence-electron chi connectivity index (χ1n) is 10.4. The molecule has 3 aromatic rings. The molecule has 0 radical (unpaired) electrons. The predicted molar refractivity (Wildman–Crippen MR) is 117 cm³/mol. The van der Waals surface area contributed by atoms with E-state index in [0.29, 0.717) is 11.5 Å². The van der Waals surface area contributed by atoms with Gasteiger partial charge in [-0.3, -0.25) is 9.58 Å². The minimum Gasteiger partial charge on any atom is -0.347 e. The van der Waals surface area contributed by atoms with Crippen molar-refractivity contribution >= 4 is 5.95 Å². The Balaban J connectivity index is 1.57. The Labute approximate surface area is 177 Å². The maximum absolute atomic E-state index is 14.5. The van der Waals surface area contributed by atoms with Gasteiger partial charge in [0.05, 0.1) is 11.4 Å². The molecule has 0 spiro atoms. The summed E-state index contributed by atoms with van der Waals surface area (Å²) in [4.78, 5) is 13.7. The fourth-order valence-corrected chi connectivity index (χ4v) is 4.21. The minimum absolute atomic E-state index is 0.232. The molecule has 1 aliphatic heterocycles. The van der Waals surface area contributed by atoms with Gasteiger partial charge in [-0.25, -0.2) is 14.4 Å². The van der Waals surface area contributed by atoms with Crippen LogP contribution in [0.2, 0.25) is 0 Å². The minimum atomic E-state index is -0.232. The van der Waals surface area contributed by atoms with Crippen LogP contribution in [0.25, 0.3) is 11.1 Å². The molecule has 0 unspecified atom stereocenters. The molecular formula is C23H29FN6. The fourth-order valence-electron chi connectivity index (χ4n) is 4.21. The number of aromatic nitrogens is 4. The van der Waals surface area contributed by atoms with E-state index in [9.17, 15) is 4.39 Å². The van der Waals surface area contributed by atoms with Crippen molar-refractivity contribution in [1.82, 2.24) is 24.6 Å². The normalized spacial score (nSPS) is 15.5. The number of anilines is 1. The molecular weight excluding hydrogens is 379 g/mol. The highest BCUT2D eigenvalue weighted by Gasteiger charge is 2.26. The number of piperidine rings is 1. The molecule has 7 heteroatoms. The molecule has 1 saturated heterocycles. The van der Waals surface area contributed by atoms with Crippen LogP contribution in [0.3, 0.4) is 0 Å². The van der Waals surface area contributed by atoms with Gasteiger partial charge in [-0.2, -0.15) is 5.10 Å². The van der Waals surface area contributed by atoms with Gasteiger partial charge in [0.2, 0.25) is 5.95 Å². The Bertz CT molecular complexity index is 1020. The average molecular weight is 409 g/mol. The summed E-state index contributed by atoms with van der Waals surface area (Å²) in [6.07, 6.45) is 5.86. The molecule has 2 aromatic heterocycles. The molecule has 0 amide bonds. The summed E-state index contributed by atoms with van der Waals surface area (Å²) in [5, 5.41) is 4.45. The van der Waals surface area contributed by atoms with E-state index in [-0.39, 0.29) is 11.7 Å². The molecule has 6 nitrogen and oxygen atoms in total. The molecule has 0 bridgehead atoms. The lowest BCUT2D eigenvalue weighted by Gasteiger charge is -2.32. The summed E-state index contributed by atoms with van der Waals surface area (Å²) >= 11 is 0. The van der Waals surface area contributed by atoms with Crippen molar-refractivity contribution in [3.8, 4) is 11.1 Å². The van der Waals surface area contributed by atoms with Crippen molar-refractivity contribution in [2.24, 2.45) is 7.05 Å². The van der Waals surface area contributed by atoms with E-state index in [0.717, 1.165) is 49.4 Å². The summed E-state index contributed by atoms with van der Waals surface area (Å²) in [6.45, 7) is 4.94. The van der Waals surface area contributed by atoms with Gasteiger partial charge in [-0.15, -0.1) is 0 Å². The van der Waals surface area contributed by atoms with Crippen LogP contribution >= 0.6 is 0 Å². The Hall–Kier alpha value is -2.80. The molecule has 0 atom stereocenters. The lowest BCUT2D eigenvalue weighted by atomic mass is 9.88. The van der Waals surface area contributed by atoms with E-state index in [1.54, 1.807) is 12.3 Å². The number of benzene rings is 1. The highest BCUT2D eigenvalue weighted by Crippen LogP contribution is 2.36. The van der Waals surface area contributed by atoms with E-state index in [4.69, 9.17) is 4.98 Å². The van der Waals surface area contributed by atoms with Crippen molar-refractivity contribution in [2.75, 3.05) is 32.1 Å². The SMILES string of the molecule is Cc1nn(C)cc1CN1CCC(c2nc(N(C)C)ncc2-c2ccccc2F)CC1. The molecule has 1 fully saturated rings. The van der Waals surface area contributed by atoms with Crippen LogP contribution in [-0.4, -0.2) is 51.8 Å². The number of halogens is 1. The summed E-state index contributed by atoms with van der Waals surface area (Å²) in [7, 11) is 5.83. The molecule has 0 aliphatic carbocycles. The Morgan fingerprint density at radius 2 is 1.87 bits per heavy atom. The average Bonchev–Trinajstić information content (AvgIpc) is 3.05. The Kier molecular flexibility index (Phi) is 5.81. The molecule has 3 heterocycles. The first kappa shape index (κ1) is 20.5. The van der Waals surface area contributed by atoms with Crippen LogP contribution < -0.4 is 4.90 Å². The van der Waals surface area contributed by atoms with E-state index < -0.39 is 0 Å². The third kappa shape index (κ3) is 4.21. The summed E-state index contributed by atoms with van der Waals surface area (Å²) < 4.78 is 16.4. The monoisotopic (exact) mass is 408 g/mol. The summed E-state index contributed by atoms with van der Waals surface area (Å²) in [5.41, 5.74) is 4.70. The first-order valence-corrected chi connectivity index (χ1v) is 10.4. The van der Waals surface area contributed by atoms with Gasteiger partial charge in [0.15, 0.2) is 0 Å². The van der Waals surface area contributed by atoms with Crippen LogP contribution in [0.4, 0.5) is 10.3 Å². The van der Waals surface area contributed by atoms with Gasteiger partial charge < -0.3 is 4.90 Å². The van der Waals surface area contributed by atoms with Crippen LogP contribution in [-0.2, 0) is 13.6 Å². The number of hydrogen-bond acceptors (Lipinski definition) is 5. The van der Waals surface area contributed by atoms with Crippen LogP contribution in [0.15, 0.2) is 36.7 Å². The van der Waals surface area contributed by atoms with Crippen molar-refractivity contribution in [2.45, 2.75) is 32.2 Å². The number of likely N-dealkylation sites (tertiary alicyclic amines) is 1. The highest BCUT2D eigenvalue weighted by atomic mass is 19.1. The third-order valence-electron chi connectivity index (χ3n) is 5.85. The topological polar surface area (TPSA) is 50.1 Å². The van der Waals surface area contributed by atoms with Crippen LogP contribution in [0.5, 0.6) is 0 Å². The maximum Gasteiger partial charge on any atom is 0.225 e. The molecule has 0 N–H and O–H groups in total. The lowest BCUT2D eigenvalue weighted by molar-refractivity contribution is 0.203. The molecule has 4 rings (SSSR count). The summed E-state index contributed by atoms with van der Waals surface area (Å²) in [5.74, 6) is 0.718. The van der Waals surface area contributed by atoms with Gasteiger partial charge in [-0.05, 0) is 38.9 Å². The van der Waals surface area contributed by atoms with Crippen molar-refractivity contribution in [3.63, 3.8) is 0 Å². The van der Waals surface area contributed by atoms with Crippen molar-refractivity contribution < 1.29 is 4.39 Å². The maximum atomic E-state index is 14.5. The number of nitrogens with zero attached hydrogens (tertiary/aromatic N) is 6. The number of aryl methyl sites for hydroxylation is 2. The molecule has 30 heavy (non-hydrogen) atoms. The second-order valence-corrected chi connectivity index (χ2v) is 8.31. The standard InChI is InChI=1S/C23H29FN6/c1-16-18(14-29(4)27-16)15-30-11-9-17(10-12-30)22-20(13-25-23(26-22)28(2)3)19-7-5-6-8-21(19)24/h5-8,13-14,17H,9-12,15H2,1-4H3. The zero-order valence-corrected chi connectivity index (χ0v) is 18.1. The molecule has 0 saturated carbocycles. The van der Waals surface area contributed by atoms with Gasteiger partial charge in [-0.1, -0.05) is 18.2 Å². The van der Waals surface area contributed by atoms with Crippen molar-refractivity contribution in [3.05, 3.63) is 59.4 Å². The van der Waals surface area contributed by atoms with Gasteiger partial charge in [0, 0.05) is 62.7 Å².